The summed E-state index contributed by atoms with van der Waals surface area (Å²) in [6.45, 7) is 2.01. The first kappa shape index (κ1) is 9.37. The monoisotopic (exact) mass is 205 g/mol. The molecule has 0 bridgehead atoms. The lowest BCUT2D eigenvalue weighted by Crippen LogP contribution is -1.99. The van der Waals surface area contributed by atoms with Gasteiger partial charge in [-0.2, -0.15) is 11.3 Å². The van der Waals surface area contributed by atoms with Crippen LogP contribution >= 0.6 is 11.3 Å². The fraction of sp³-hybridized carbons (Fsp3) is 0.182. The van der Waals surface area contributed by atoms with Crippen LogP contribution in [0.15, 0.2) is 35.3 Å². The summed E-state index contributed by atoms with van der Waals surface area (Å²) < 4.78 is 0. The number of aryl methyl sites for hydroxylation is 1. The summed E-state index contributed by atoms with van der Waals surface area (Å²) in [5, 5.41) is 14.0. The van der Waals surface area contributed by atoms with Crippen molar-refractivity contribution in [1.82, 2.24) is 4.98 Å². The maximum Gasteiger partial charge on any atom is 0.107 e. The summed E-state index contributed by atoms with van der Waals surface area (Å²) in [4.78, 5) is 3.99. The Hall–Kier alpha value is -1.19. The minimum Gasteiger partial charge on any atom is -0.384 e. The summed E-state index contributed by atoms with van der Waals surface area (Å²) in [5.41, 5.74) is 2.95. The molecule has 0 spiro atoms. The Bertz CT molecular complexity index is 410. The van der Waals surface area contributed by atoms with Crippen molar-refractivity contribution in [2.75, 3.05) is 0 Å². The number of thiophene rings is 1. The molecule has 2 rings (SSSR count). The standard InChI is InChI=1S/C11H11NOS/c1-8-6-14-7-10(8)11(13)9-3-2-4-12-5-9/h2-7,11,13H,1H3. The highest BCUT2D eigenvalue weighted by Crippen LogP contribution is 2.26. The maximum atomic E-state index is 10.0. The molecule has 0 saturated carbocycles. The van der Waals surface area contributed by atoms with Gasteiger partial charge in [0.2, 0.25) is 0 Å². The van der Waals surface area contributed by atoms with E-state index in [1.54, 1.807) is 23.7 Å². The molecular weight excluding hydrogens is 194 g/mol. The minimum absolute atomic E-state index is 0.546. The molecule has 1 atom stereocenters. The van der Waals surface area contributed by atoms with E-state index in [2.05, 4.69) is 4.98 Å². The van der Waals surface area contributed by atoms with E-state index in [4.69, 9.17) is 0 Å². The molecular formula is C11H11NOS. The molecule has 72 valence electrons. The SMILES string of the molecule is Cc1cscc1C(O)c1cccnc1. The molecule has 0 radical (unpaired) electrons. The molecule has 14 heavy (non-hydrogen) atoms. The predicted molar refractivity (Wildman–Crippen MR) is 57.4 cm³/mol. The molecule has 1 unspecified atom stereocenters. The van der Waals surface area contributed by atoms with Crippen molar-refractivity contribution >= 4 is 11.3 Å². The molecule has 0 aliphatic carbocycles. The topological polar surface area (TPSA) is 33.1 Å². The van der Waals surface area contributed by atoms with Crippen LogP contribution in [0.25, 0.3) is 0 Å². The molecule has 0 aliphatic rings. The van der Waals surface area contributed by atoms with Crippen molar-refractivity contribution < 1.29 is 5.11 Å². The van der Waals surface area contributed by atoms with Gasteiger partial charge >= 0.3 is 0 Å². The molecule has 2 aromatic rings. The number of pyridine rings is 1. The third-order valence-electron chi connectivity index (χ3n) is 2.19. The summed E-state index contributed by atoms with van der Waals surface area (Å²) in [6, 6.07) is 3.72. The van der Waals surface area contributed by atoms with Crippen LogP contribution in [0.1, 0.15) is 22.8 Å². The van der Waals surface area contributed by atoms with Crippen LogP contribution < -0.4 is 0 Å². The second-order valence-corrected chi connectivity index (χ2v) is 3.94. The van der Waals surface area contributed by atoms with Crippen LogP contribution in [0, 0.1) is 6.92 Å². The number of hydrogen-bond donors (Lipinski definition) is 1. The van der Waals surface area contributed by atoms with Crippen molar-refractivity contribution in [1.29, 1.82) is 0 Å². The lowest BCUT2D eigenvalue weighted by Gasteiger charge is -2.09. The molecule has 3 heteroatoms. The number of aromatic nitrogens is 1. The van der Waals surface area contributed by atoms with Crippen molar-refractivity contribution in [2.24, 2.45) is 0 Å². The summed E-state index contributed by atoms with van der Waals surface area (Å²) in [7, 11) is 0. The lowest BCUT2D eigenvalue weighted by atomic mass is 10.0. The molecule has 0 aromatic carbocycles. The van der Waals surface area contributed by atoms with Crippen molar-refractivity contribution in [3.05, 3.63) is 52.0 Å². The van der Waals surface area contributed by atoms with Gasteiger partial charge in [-0.15, -0.1) is 0 Å². The summed E-state index contributed by atoms with van der Waals surface area (Å²) >= 11 is 1.61. The molecule has 0 aliphatic heterocycles. The Labute approximate surface area is 86.9 Å². The Morgan fingerprint density at radius 2 is 2.29 bits per heavy atom. The molecule has 1 N–H and O–H groups in total. The number of nitrogens with zero attached hydrogens (tertiary/aromatic N) is 1. The zero-order valence-electron chi connectivity index (χ0n) is 7.84. The van der Waals surface area contributed by atoms with E-state index in [1.807, 2.05) is 29.8 Å². The minimum atomic E-state index is -0.546. The highest BCUT2D eigenvalue weighted by atomic mass is 32.1. The molecule has 2 nitrogen and oxygen atoms in total. The van der Waals surface area contributed by atoms with Gasteiger partial charge in [0.15, 0.2) is 0 Å². The number of hydrogen-bond acceptors (Lipinski definition) is 3. The Kier molecular flexibility index (Phi) is 2.61. The van der Waals surface area contributed by atoms with Crippen LogP contribution in [0.4, 0.5) is 0 Å². The van der Waals surface area contributed by atoms with Gasteiger partial charge in [0.25, 0.3) is 0 Å². The normalized spacial score (nSPS) is 12.7. The van der Waals surface area contributed by atoms with E-state index >= 15 is 0 Å². The van der Waals surface area contributed by atoms with Crippen molar-refractivity contribution in [3.63, 3.8) is 0 Å². The first-order valence-electron chi connectivity index (χ1n) is 4.39. The van der Waals surface area contributed by atoms with E-state index in [0.29, 0.717) is 0 Å². The number of aliphatic hydroxyl groups is 1. The first-order chi connectivity index (χ1) is 6.79. The van der Waals surface area contributed by atoms with Crippen LogP contribution in [0.2, 0.25) is 0 Å². The molecule has 0 amide bonds. The Morgan fingerprint density at radius 3 is 2.86 bits per heavy atom. The highest BCUT2D eigenvalue weighted by molar-refractivity contribution is 7.08. The predicted octanol–water partition coefficient (Wildman–Crippen LogP) is 2.53. The van der Waals surface area contributed by atoms with E-state index < -0.39 is 6.10 Å². The fourth-order valence-corrected chi connectivity index (χ4v) is 2.24. The van der Waals surface area contributed by atoms with Crippen LogP contribution in [0.3, 0.4) is 0 Å². The van der Waals surface area contributed by atoms with Gasteiger partial charge in [0.1, 0.15) is 6.10 Å². The van der Waals surface area contributed by atoms with Crippen LogP contribution in [-0.2, 0) is 0 Å². The average Bonchev–Trinajstić information content (AvgIpc) is 2.65. The zero-order valence-corrected chi connectivity index (χ0v) is 8.66. The highest BCUT2D eigenvalue weighted by Gasteiger charge is 2.12. The molecule has 0 saturated heterocycles. The average molecular weight is 205 g/mol. The largest absolute Gasteiger partial charge is 0.384 e. The summed E-state index contributed by atoms with van der Waals surface area (Å²) in [5.74, 6) is 0. The van der Waals surface area contributed by atoms with Gasteiger partial charge in [-0.25, -0.2) is 0 Å². The zero-order chi connectivity index (χ0) is 9.97. The molecule has 2 aromatic heterocycles. The lowest BCUT2D eigenvalue weighted by molar-refractivity contribution is 0.219. The smallest absolute Gasteiger partial charge is 0.107 e. The Morgan fingerprint density at radius 1 is 1.43 bits per heavy atom. The van der Waals surface area contributed by atoms with Gasteiger partial charge in [-0.3, -0.25) is 4.98 Å². The van der Waals surface area contributed by atoms with E-state index in [-0.39, 0.29) is 0 Å². The van der Waals surface area contributed by atoms with Gasteiger partial charge < -0.3 is 5.11 Å². The van der Waals surface area contributed by atoms with Gasteiger partial charge in [0.05, 0.1) is 0 Å². The van der Waals surface area contributed by atoms with Gasteiger partial charge in [-0.1, -0.05) is 6.07 Å². The van der Waals surface area contributed by atoms with Crippen LogP contribution in [0.5, 0.6) is 0 Å². The number of aliphatic hydroxyl groups excluding tert-OH is 1. The maximum absolute atomic E-state index is 10.0. The second kappa shape index (κ2) is 3.90. The van der Waals surface area contributed by atoms with Gasteiger partial charge in [-0.05, 0) is 34.9 Å². The molecule has 0 fully saturated rings. The van der Waals surface area contributed by atoms with E-state index in [1.165, 1.54) is 0 Å². The summed E-state index contributed by atoms with van der Waals surface area (Å²) in [6.07, 6.45) is 2.85. The van der Waals surface area contributed by atoms with Crippen molar-refractivity contribution in [3.8, 4) is 0 Å². The Balaban J connectivity index is 2.34. The van der Waals surface area contributed by atoms with E-state index in [0.717, 1.165) is 16.7 Å². The van der Waals surface area contributed by atoms with Gasteiger partial charge in [0, 0.05) is 18.0 Å². The molecule has 2 heterocycles. The third-order valence-corrected chi connectivity index (χ3v) is 3.07. The van der Waals surface area contributed by atoms with E-state index in [9.17, 15) is 5.11 Å². The quantitative estimate of drug-likeness (QED) is 0.817. The number of rotatable bonds is 2. The van der Waals surface area contributed by atoms with Crippen LogP contribution in [-0.4, -0.2) is 10.1 Å². The fourth-order valence-electron chi connectivity index (χ4n) is 1.37. The third kappa shape index (κ3) is 1.69. The first-order valence-corrected chi connectivity index (χ1v) is 5.34. The van der Waals surface area contributed by atoms with Crippen molar-refractivity contribution in [2.45, 2.75) is 13.0 Å². The second-order valence-electron chi connectivity index (χ2n) is 3.20.